The van der Waals surface area contributed by atoms with Crippen molar-refractivity contribution in [1.82, 2.24) is 4.90 Å². The minimum atomic E-state index is 0.359. The van der Waals surface area contributed by atoms with E-state index in [2.05, 4.69) is 18.9 Å². The molecule has 0 aromatic heterocycles. The normalized spacial score (nSPS) is 18.9. The lowest BCUT2D eigenvalue weighted by Crippen LogP contribution is -2.38. The number of phenolic OH excluding ortho intramolecular Hbond substituents is 1. The number of aromatic hydroxyl groups is 1. The summed E-state index contributed by atoms with van der Waals surface area (Å²) in [7, 11) is 2.30. The molecule has 1 atom stereocenters. The molecule has 1 aromatic rings. The van der Waals surface area contributed by atoms with Crippen LogP contribution in [0.1, 0.15) is 57.4 Å². The van der Waals surface area contributed by atoms with Crippen molar-refractivity contribution >= 4 is 0 Å². The zero-order chi connectivity index (χ0) is 14.4. The highest BCUT2D eigenvalue weighted by Gasteiger charge is 2.20. The van der Waals surface area contributed by atoms with Crippen molar-refractivity contribution in [2.24, 2.45) is 0 Å². The van der Waals surface area contributed by atoms with Crippen LogP contribution in [0.15, 0.2) is 24.3 Å². The number of phenols is 1. The molecule has 1 aliphatic carbocycles. The van der Waals surface area contributed by atoms with Crippen molar-refractivity contribution in [3.05, 3.63) is 29.8 Å². The molecule has 0 spiro atoms. The van der Waals surface area contributed by atoms with E-state index in [-0.39, 0.29) is 0 Å². The number of benzene rings is 1. The first-order valence-electron chi connectivity index (χ1n) is 8.16. The van der Waals surface area contributed by atoms with Crippen LogP contribution in [0.4, 0.5) is 0 Å². The van der Waals surface area contributed by atoms with E-state index in [9.17, 15) is 5.11 Å². The van der Waals surface area contributed by atoms with E-state index in [1.165, 1.54) is 50.5 Å². The smallest absolute Gasteiger partial charge is 0.115 e. The lowest BCUT2D eigenvalue weighted by molar-refractivity contribution is 0.161. The maximum Gasteiger partial charge on any atom is 0.115 e. The number of hydrogen-bond donors (Lipinski definition) is 1. The second-order valence-electron chi connectivity index (χ2n) is 6.36. The van der Waals surface area contributed by atoms with Gasteiger partial charge in [0.25, 0.3) is 0 Å². The third kappa shape index (κ3) is 4.52. The van der Waals surface area contributed by atoms with E-state index in [0.29, 0.717) is 11.8 Å². The molecular weight excluding hydrogens is 246 g/mol. The fourth-order valence-electron chi connectivity index (χ4n) is 3.27. The quantitative estimate of drug-likeness (QED) is 0.807. The Morgan fingerprint density at radius 3 is 2.30 bits per heavy atom. The van der Waals surface area contributed by atoms with Crippen LogP contribution < -0.4 is 0 Å². The molecule has 1 N–H and O–H groups in total. The van der Waals surface area contributed by atoms with Gasteiger partial charge < -0.3 is 10.0 Å². The van der Waals surface area contributed by atoms with E-state index < -0.39 is 0 Å². The number of hydrogen-bond acceptors (Lipinski definition) is 2. The molecule has 1 aliphatic rings. The maximum absolute atomic E-state index is 9.31. The molecule has 20 heavy (non-hydrogen) atoms. The highest BCUT2D eigenvalue weighted by molar-refractivity contribution is 5.25. The Labute approximate surface area is 123 Å². The highest BCUT2D eigenvalue weighted by atomic mass is 16.3. The predicted molar refractivity (Wildman–Crippen MR) is 85.1 cm³/mol. The summed E-state index contributed by atoms with van der Waals surface area (Å²) in [6.07, 6.45) is 10.7. The predicted octanol–water partition coefficient (Wildman–Crippen LogP) is 4.37. The van der Waals surface area contributed by atoms with Gasteiger partial charge in [-0.3, -0.25) is 0 Å². The van der Waals surface area contributed by atoms with Gasteiger partial charge in [-0.05, 0) is 57.4 Å². The van der Waals surface area contributed by atoms with Crippen molar-refractivity contribution in [2.75, 3.05) is 7.05 Å². The fourth-order valence-corrected chi connectivity index (χ4v) is 3.27. The fraction of sp³-hybridized carbons (Fsp3) is 0.667. The lowest BCUT2D eigenvalue weighted by atomic mass is 10.0. The highest BCUT2D eigenvalue weighted by Crippen LogP contribution is 2.23. The van der Waals surface area contributed by atoms with Crippen molar-refractivity contribution in [3.63, 3.8) is 0 Å². The Hall–Kier alpha value is -1.02. The molecule has 2 heteroatoms. The number of rotatable bonds is 5. The average molecular weight is 275 g/mol. The summed E-state index contributed by atoms with van der Waals surface area (Å²) in [6, 6.07) is 9.06. The van der Waals surface area contributed by atoms with Crippen LogP contribution in [0.5, 0.6) is 5.75 Å². The molecular formula is C18H29NO. The summed E-state index contributed by atoms with van der Waals surface area (Å²) in [6.45, 7) is 2.35. The van der Waals surface area contributed by atoms with E-state index in [0.717, 1.165) is 12.5 Å². The monoisotopic (exact) mass is 275 g/mol. The van der Waals surface area contributed by atoms with Gasteiger partial charge in [0, 0.05) is 12.1 Å². The van der Waals surface area contributed by atoms with Gasteiger partial charge >= 0.3 is 0 Å². The molecule has 1 unspecified atom stereocenters. The van der Waals surface area contributed by atoms with Gasteiger partial charge in [-0.15, -0.1) is 0 Å². The topological polar surface area (TPSA) is 23.5 Å². The van der Waals surface area contributed by atoms with Crippen LogP contribution in [-0.2, 0) is 6.42 Å². The Morgan fingerprint density at radius 1 is 1.10 bits per heavy atom. The molecule has 0 heterocycles. The van der Waals surface area contributed by atoms with E-state index >= 15 is 0 Å². The zero-order valence-corrected chi connectivity index (χ0v) is 13.0. The summed E-state index contributed by atoms with van der Waals surface area (Å²) in [5.74, 6) is 0.359. The number of aryl methyl sites for hydroxylation is 1. The average Bonchev–Trinajstić information content (AvgIpc) is 2.74. The Morgan fingerprint density at radius 2 is 1.70 bits per heavy atom. The Kier molecular flexibility index (Phi) is 5.90. The molecule has 1 saturated carbocycles. The van der Waals surface area contributed by atoms with Crippen molar-refractivity contribution in [2.45, 2.75) is 70.4 Å². The van der Waals surface area contributed by atoms with Gasteiger partial charge in [-0.1, -0.05) is 37.8 Å². The minimum absolute atomic E-state index is 0.359. The summed E-state index contributed by atoms with van der Waals surface area (Å²) in [4.78, 5) is 2.60. The van der Waals surface area contributed by atoms with Gasteiger partial charge in [-0.25, -0.2) is 0 Å². The second-order valence-corrected chi connectivity index (χ2v) is 6.36. The molecule has 112 valence electrons. The summed E-state index contributed by atoms with van der Waals surface area (Å²) < 4.78 is 0. The van der Waals surface area contributed by atoms with E-state index in [1.807, 2.05) is 12.1 Å². The SMILES string of the molecule is CC(CCc1ccc(O)cc1)N(C)C1CCCCCC1. The first-order valence-corrected chi connectivity index (χ1v) is 8.16. The standard InChI is InChI=1S/C18H29NO/c1-15(9-10-16-11-13-18(20)14-12-16)19(2)17-7-5-3-4-6-8-17/h11-15,17,20H,3-10H2,1-2H3. The molecule has 2 rings (SSSR count). The van der Waals surface area contributed by atoms with Crippen LogP contribution in [0, 0.1) is 0 Å². The van der Waals surface area contributed by atoms with Crippen LogP contribution in [0.25, 0.3) is 0 Å². The van der Waals surface area contributed by atoms with Gasteiger partial charge in [0.15, 0.2) is 0 Å². The Balaban J connectivity index is 1.80. The number of nitrogens with zero attached hydrogens (tertiary/aromatic N) is 1. The van der Waals surface area contributed by atoms with Crippen molar-refractivity contribution < 1.29 is 5.11 Å². The molecule has 2 nitrogen and oxygen atoms in total. The molecule has 0 saturated heterocycles. The van der Waals surface area contributed by atoms with Gasteiger partial charge in [0.1, 0.15) is 5.75 Å². The van der Waals surface area contributed by atoms with Crippen molar-refractivity contribution in [1.29, 1.82) is 0 Å². The molecule has 0 aliphatic heterocycles. The summed E-state index contributed by atoms with van der Waals surface area (Å²) in [5, 5.41) is 9.31. The third-order valence-electron chi connectivity index (χ3n) is 4.88. The van der Waals surface area contributed by atoms with Crippen molar-refractivity contribution in [3.8, 4) is 5.75 Å². The lowest BCUT2D eigenvalue weighted by Gasteiger charge is -2.32. The zero-order valence-electron chi connectivity index (χ0n) is 13.0. The van der Waals surface area contributed by atoms with E-state index in [4.69, 9.17) is 0 Å². The molecule has 1 fully saturated rings. The van der Waals surface area contributed by atoms with Crippen LogP contribution >= 0.6 is 0 Å². The largest absolute Gasteiger partial charge is 0.508 e. The summed E-state index contributed by atoms with van der Waals surface area (Å²) in [5.41, 5.74) is 1.32. The molecule has 1 aromatic carbocycles. The van der Waals surface area contributed by atoms with Gasteiger partial charge in [0.2, 0.25) is 0 Å². The molecule has 0 radical (unpaired) electrons. The Bertz CT molecular complexity index is 379. The van der Waals surface area contributed by atoms with Crippen LogP contribution in [-0.4, -0.2) is 29.1 Å². The third-order valence-corrected chi connectivity index (χ3v) is 4.88. The van der Waals surface area contributed by atoms with Crippen LogP contribution in [0.2, 0.25) is 0 Å². The second kappa shape index (κ2) is 7.68. The molecule has 0 amide bonds. The van der Waals surface area contributed by atoms with Gasteiger partial charge in [0.05, 0.1) is 0 Å². The minimum Gasteiger partial charge on any atom is -0.508 e. The van der Waals surface area contributed by atoms with Gasteiger partial charge in [-0.2, -0.15) is 0 Å². The maximum atomic E-state index is 9.31. The van der Waals surface area contributed by atoms with Crippen LogP contribution in [0.3, 0.4) is 0 Å². The first kappa shape index (κ1) is 15.4. The summed E-state index contributed by atoms with van der Waals surface area (Å²) >= 11 is 0. The van der Waals surface area contributed by atoms with E-state index in [1.54, 1.807) is 12.1 Å². The first-order chi connectivity index (χ1) is 9.66. The molecule has 0 bridgehead atoms.